The zero-order valence-corrected chi connectivity index (χ0v) is 11.6. The van der Waals surface area contributed by atoms with E-state index in [1.165, 1.54) is 28.9 Å². The van der Waals surface area contributed by atoms with E-state index in [0.29, 0.717) is 11.8 Å². The predicted molar refractivity (Wildman–Crippen MR) is 77.1 cm³/mol. The highest BCUT2D eigenvalue weighted by Crippen LogP contribution is 2.48. The molecule has 2 aromatic rings. The summed E-state index contributed by atoms with van der Waals surface area (Å²) >= 11 is 0. The average molecular weight is 255 g/mol. The van der Waals surface area contributed by atoms with Gasteiger partial charge in [-0.25, -0.2) is 0 Å². The van der Waals surface area contributed by atoms with E-state index < -0.39 is 0 Å². The summed E-state index contributed by atoms with van der Waals surface area (Å²) in [4.78, 5) is 0. The van der Waals surface area contributed by atoms with Gasteiger partial charge < -0.3 is 5.73 Å². The summed E-state index contributed by atoms with van der Waals surface area (Å²) in [7, 11) is 0. The smallest absolute Gasteiger partial charge is 0.0662 e. The molecule has 0 unspecified atom stereocenters. The van der Waals surface area contributed by atoms with Crippen LogP contribution in [0.1, 0.15) is 34.9 Å². The molecule has 100 valence electrons. The lowest BCUT2D eigenvalue weighted by Gasteiger charge is -2.05. The molecule has 0 radical (unpaired) electrons. The Labute approximate surface area is 114 Å². The summed E-state index contributed by atoms with van der Waals surface area (Å²) in [5.74, 6) is 1.32. The molecule has 0 saturated heterocycles. The lowest BCUT2D eigenvalue weighted by atomic mass is 10.1. The molecule has 1 heterocycles. The van der Waals surface area contributed by atoms with E-state index in [4.69, 9.17) is 10.8 Å². The van der Waals surface area contributed by atoms with E-state index in [-0.39, 0.29) is 0 Å². The minimum absolute atomic E-state index is 0.648. The maximum Gasteiger partial charge on any atom is 0.0662 e. The SMILES string of the molecule is Cc1nn(Cc2ccccc2)c(C)c1[C@@H]1C[C@H]1CN. The number of hydrogen-bond donors (Lipinski definition) is 1. The van der Waals surface area contributed by atoms with Gasteiger partial charge in [-0.3, -0.25) is 4.68 Å². The summed E-state index contributed by atoms with van der Waals surface area (Å²) in [5, 5.41) is 4.71. The fourth-order valence-corrected chi connectivity index (χ4v) is 3.02. The molecule has 0 bridgehead atoms. The van der Waals surface area contributed by atoms with E-state index in [1.54, 1.807) is 0 Å². The molecular formula is C16H21N3. The Bertz CT molecular complexity index is 571. The Morgan fingerprint density at radius 3 is 2.63 bits per heavy atom. The van der Waals surface area contributed by atoms with E-state index in [2.05, 4.69) is 42.8 Å². The number of hydrogen-bond acceptors (Lipinski definition) is 2. The number of aryl methyl sites for hydroxylation is 1. The van der Waals surface area contributed by atoms with Crippen LogP contribution < -0.4 is 5.73 Å². The quantitative estimate of drug-likeness (QED) is 0.912. The molecule has 2 atom stereocenters. The normalized spacial score (nSPS) is 21.6. The van der Waals surface area contributed by atoms with Crippen molar-refractivity contribution >= 4 is 0 Å². The summed E-state index contributed by atoms with van der Waals surface area (Å²) in [6.07, 6.45) is 1.23. The van der Waals surface area contributed by atoms with Crippen LogP contribution in [-0.2, 0) is 6.54 Å². The molecule has 3 heteroatoms. The molecule has 1 aliphatic rings. The van der Waals surface area contributed by atoms with Crippen molar-refractivity contribution < 1.29 is 0 Å². The molecule has 3 rings (SSSR count). The Kier molecular flexibility index (Phi) is 3.15. The van der Waals surface area contributed by atoms with Gasteiger partial charge in [-0.15, -0.1) is 0 Å². The van der Waals surface area contributed by atoms with Crippen LogP contribution in [0, 0.1) is 19.8 Å². The van der Waals surface area contributed by atoms with Crippen molar-refractivity contribution in [3.05, 3.63) is 52.8 Å². The molecule has 0 aliphatic heterocycles. The minimum Gasteiger partial charge on any atom is -0.330 e. The molecule has 0 spiro atoms. The first-order chi connectivity index (χ1) is 9.20. The second-order valence-corrected chi connectivity index (χ2v) is 5.57. The van der Waals surface area contributed by atoms with Crippen molar-refractivity contribution in [3.63, 3.8) is 0 Å². The number of rotatable bonds is 4. The number of nitrogens with zero attached hydrogens (tertiary/aromatic N) is 2. The Hall–Kier alpha value is -1.61. The van der Waals surface area contributed by atoms with Crippen LogP contribution in [0.3, 0.4) is 0 Å². The fourth-order valence-electron chi connectivity index (χ4n) is 3.02. The number of aromatic nitrogens is 2. The number of nitrogens with two attached hydrogens (primary N) is 1. The van der Waals surface area contributed by atoms with Crippen LogP contribution in [-0.4, -0.2) is 16.3 Å². The molecule has 3 nitrogen and oxygen atoms in total. The maximum atomic E-state index is 5.76. The first-order valence-corrected chi connectivity index (χ1v) is 6.98. The second kappa shape index (κ2) is 4.82. The van der Waals surface area contributed by atoms with Crippen molar-refractivity contribution in [3.8, 4) is 0 Å². The Morgan fingerprint density at radius 1 is 1.26 bits per heavy atom. The molecule has 1 aromatic heterocycles. The third-order valence-electron chi connectivity index (χ3n) is 4.21. The van der Waals surface area contributed by atoms with Crippen LogP contribution in [0.4, 0.5) is 0 Å². The van der Waals surface area contributed by atoms with E-state index in [0.717, 1.165) is 13.1 Å². The third kappa shape index (κ3) is 2.30. The largest absolute Gasteiger partial charge is 0.330 e. The van der Waals surface area contributed by atoms with Gasteiger partial charge in [0, 0.05) is 5.69 Å². The topological polar surface area (TPSA) is 43.8 Å². The first kappa shape index (κ1) is 12.4. The van der Waals surface area contributed by atoms with Gasteiger partial charge in [0.15, 0.2) is 0 Å². The van der Waals surface area contributed by atoms with Gasteiger partial charge in [-0.1, -0.05) is 30.3 Å². The highest BCUT2D eigenvalue weighted by atomic mass is 15.3. The van der Waals surface area contributed by atoms with Crippen LogP contribution in [0.2, 0.25) is 0 Å². The van der Waals surface area contributed by atoms with E-state index in [9.17, 15) is 0 Å². The van der Waals surface area contributed by atoms with Crippen molar-refractivity contribution in [2.45, 2.75) is 32.7 Å². The lowest BCUT2D eigenvalue weighted by Crippen LogP contribution is -2.05. The van der Waals surface area contributed by atoms with Gasteiger partial charge in [-0.2, -0.15) is 5.10 Å². The van der Waals surface area contributed by atoms with E-state index >= 15 is 0 Å². The van der Waals surface area contributed by atoms with Crippen molar-refractivity contribution in [2.24, 2.45) is 11.7 Å². The van der Waals surface area contributed by atoms with E-state index in [1.807, 2.05) is 6.07 Å². The fraction of sp³-hybridized carbons (Fsp3) is 0.438. The molecule has 2 N–H and O–H groups in total. The zero-order chi connectivity index (χ0) is 13.4. The second-order valence-electron chi connectivity index (χ2n) is 5.57. The first-order valence-electron chi connectivity index (χ1n) is 6.98. The Morgan fingerprint density at radius 2 is 2.00 bits per heavy atom. The molecule has 1 aromatic carbocycles. The van der Waals surface area contributed by atoms with Gasteiger partial charge >= 0.3 is 0 Å². The standard InChI is InChI=1S/C16H21N3/c1-11-16(15-8-14(15)9-17)12(2)19(18-11)10-13-6-4-3-5-7-13/h3-7,14-15H,8-10,17H2,1-2H3/t14-,15+/m0/s1. The van der Waals surface area contributed by atoms with Gasteiger partial charge in [0.25, 0.3) is 0 Å². The van der Waals surface area contributed by atoms with Crippen LogP contribution >= 0.6 is 0 Å². The van der Waals surface area contributed by atoms with Crippen LogP contribution in [0.5, 0.6) is 0 Å². The molecule has 1 fully saturated rings. The molecule has 1 aliphatic carbocycles. The zero-order valence-electron chi connectivity index (χ0n) is 11.6. The lowest BCUT2D eigenvalue weighted by molar-refractivity contribution is 0.657. The number of benzene rings is 1. The highest BCUT2D eigenvalue weighted by Gasteiger charge is 2.40. The van der Waals surface area contributed by atoms with Gasteiger partial charge in [-0.05, 0) is 49.8 Å². The van der Waals surface area contributed by atoms with Crippen molar-refractivity contribution in [1.82, 2.24) is 9.78 Å². The average Bonchev–Trinajstić information content (AvgIpc) is 3.13. The monoisotopic (exact) mass is 255 g/mol. The third-order valence-corrected chi connectivity index (χ3v) is 4.21. The minimum atomic E-state index is 0.648. The van der Waals surface area contributed by atoms with Crippen molar-refractivity contribution in [1.29, 1.82) is 0 Å². The molecule has 0 amide bonds. The molecular weight excluding hydrogens is 234 g/mol. The van der Waals surface area contributed by atoms with Gasteiger partial charge in [0.05, 0.1) is 12.2 Å². The summed E-state index contributed by atoms with van der Waals surface area (Å²) in [5.41, 5.74) is 11.0. The maximum absolute atomic E-state index is 5.76. The summed E-state index contributed by atoms with van der Waals surface area (Å²) < 4.78 is 2.13. The van der Waals surface area contributed by atoms with Crippen LogP contribution in [0.25, 0.3) is 0 Å². The molecule has 1 saturated carbocycles. The summed E-state index contributed by atoms with van der Waals surface area (Å²) in [6.45, 7) is 5.96. The van der Waals surface area contributed by atoms with Crippen molar-refractivity contribution in [2.75, 3.05) is 6.54 Å². The highest BCUT2D eigenvalue weighted by molar-refractivity contribution is 5.34. The van der Waals surface area contributed by atoms with Gasteiger partial charge in [0.2, 0.25) is 0 Å². The molecule has 19 heavy (non-hydrogen) atoms. The predicted octanol–water partition coefficient (Wildman–Crippen LogP) is 2.61. The van der Waals surface area contributed by atoms with Crippen LogP contribution in [0.15, 0.2) is 30.3 Å². The van der Waals surface area contributed by atoms with Gasteiger partial charge in [0.1, 0.15) is 0 Å². The Balaban J connectivity index is 1.86. The summed E-state index contributed by atoms with van der Waals surface area (Å²) in [6, 6.07) is 10.5.